The second kappa shape index (κ2) is 7.01. The number of thioether (sulfide) groups is 1. The molecule has 2 heterocycles. The van der Waals surface area contributed by atoms with E-state index >= 15 is 0 Å². The number of rotatable bonds is 4. The van der Waals surface area contributed by atoms with Gasteiger partial charge in [-0.05, 0) is 49.7 Å². The Labute approximate surface area is 154 Å². The van der Waals surface area contributed by atoms with Crippen LogP contribution in [0.15, 0.2) is 34.2 Å². The highest BCUT2D eigenvalue weighted by Crippen LogP contribution is 2.22. The van der Waals surface area contributed by atoms with Gasteiger partial charge in [0.1, 0.15) is 5.39 Å². The van der Waals surface area contributed by atoms with Crippen LogP contribution < -0.4 is 15.9 Å². The molecule has 0 bridgehead atoms. The first kappa shape index (κ1) is 17.7. The summed E-state index contributed by atoms with van der Waals surface area (Å²) in [6.45, 7) is 5.92. The van der Waals surface area contributed by atoms with E-state index in [0.717, 1.165) is 26.5 Å². The number of para-hydroxylation sites is 1. The number of H-pyrrole nitrogens is 1. The first-order valence-electron chi connectivity index (χ1n) is 7.88. The van der Waals surface area contributed by atoms with E-state index in [4.69, 9.17) is 0 Å². The van der Waals surface area contributed by atoms with Crippen molar-refractivity contribution in [2.75, 3.05) is 11.1 Å². The first-order valence-corrected chi connectivity index (χ1v) is 9.68. The van der Waals surface area contributed by atoms with Gasteiger partial charge in [0.05, 0.1) is 12.8 Å². The lowest BCUT2D eigenvalue weighted by molar-refractivity contribution is -0.404. The van der Waals surface area contributed by atoms with E-state index in [-0.39, 0.29) is 17.2 Å². The molecular weight excluding hydrogens is 354 g/mol. The number of fused-ring (bicyclic) bond motifs is 1. The maximum atomic E-state index is 12.4. The van der Waals surface area contributed by atoms with Gasteiger partial charge in [-0.1, -0.05) is 29.5 Å². The third-order valence-electron chi connectivity index (χ3n) is 4.00. The topological polar surface area (TPSA) is 65.2 Å². The molecule has 25 heavy (non-hydrogen) atoms. The molecule has 0 saturated heterocycles. The van der Waals surface area contributed by atoms with Gasteiger partial charge in [-0.3, -0.25) is 4.79 Å². The minimum absolute atomic E-state index is 0.0456. The molecule has 3 rings (SSSR count). The fourth-order valence-corrected chi connectivity index (χ4v) is 4.43. The number of amides is 1. The fourth-order valence-electron chi connectivity index (χ4n) is 2.67. The van der Waals surface area contributed by atoms with Gasteiger partial charge < -0.3 is 5.32 Å². The Kier molecular flexibility index (Phi) is 4.96. The fraction of sp³-hybridized carbons (Fsp3) is 0.278. The maximum Gasteiger partial charge on any atom is 0.346 e. The van der Waals surface area contributed by atoms with E-state index < -0.39 is 0 Å². The lowest BCUT2D eigenvalue weighted by atomic mass is 10.1. The second-order valence-corrected chi connectivity index (χ2v) is 8.22. The van der Waals surface area contributed by atoms with Gasteiger partial charge in [-0.25, -0.2) is 9.78 Å². The zero-order valence-electron chi connectivity index (χ0n) is 14.6. The van der Waals surface area contributed by atoms with Crippen LogP contribution in [0.4, 0.5) is 5.69 Å². The van der Waals surface area contributed by atoms with Crippen LogP contribution in [-0.2, 0) is 11.8 Å². The van der Waals surface area contributed by atoms with Gasteiger partial charge in [0, 0.05) is 10.6 Å². The predicted octanol–water partition coefficient (Wildman–Crippen LogP) is 3.07. The van der Waals surface area contributed by atoms with Gasteiger partial charge in [0.2, 0.25) is 5.91 Å². The summed E-state index contributed by atoms with van der Waals surface area (Å²) >= 11 is 2.87. The third-order valence-corrected chi connectivity index (χ3v) is 6.02. The summed E-state index contributed by atoms with van der Waals surface area (Å²) in [7, 11) is 1.72. The highest BCUT2D eigenvalue weighted by Gasteiger charge is 2.19. The Bertz CT molecular complexity index is 1000. The Hall–Kier alpha value is -2.12. The first-order chi connectivity index (χ1) is 11.9. The number of nitrogens with zero attached hydrogens (tertiary/aromatic N) is 1. The van der Waals surface area contributed by atoms with Crippen LogP contribution >= 0.6 is 23.1 Å². The molecule has 130 valence electrons. The molecular formula is C18H20N3O2S2+. The Morgan fingerprint density at radius 2 is 1.96 bits per heavy atom. The van der Waals surface area contributed by atoms with Crippen molar-refractivity contribution in [3.63, 3.8) is 0 Å². The predicted molar refractivity (Wildman–Crippen MR) is 104 cm³/mol. The average Bonchev–Trinajstić information content (AvgIpc) is 2.94. The average molecular weight is 375 g/mol. The number of carbonyl (C=O) groups is 1. The zero-order chi connectivity index (χ0) is 18.1. The van der Waals surface area contributed by atoms with Crippen molar-refractivity contribution in [1.29, 1.82) is 0 Å². The maximum absolute atomic E-state index is 12.4. The Morgan fingerprint density at radius 3 is 2.64 bits per heavy atom. The molecule has 1 aromatic carbocycles. The molecule has 0 aliphatic rings. The van der Waals surface area contributed by atoms with Crippen LogP contribution in [0.3, 0.4) is 0 Å². The van der Waals surface area contributed by atoms with E-state index in [9.17, 15) is 9.59 Å². The third kappa shape index (κ3) is 3.62. The molecule has 0 aliphatic carbocycles. The van der Waals surface area contributed by atoms with Gasteiger partial charge in [-0.15, -0.1) is 0 Å². The molecule has 0 spiro atoms. The van der Waals surface area contributed by atoms with Crippen LogP contribution in [0.25, 0.3) is 10.2 Å². The molecule has 0 aliphatic heterocycles. The molecule has 5 nitrogen and oxygen atoms in total. The van der Waals surface area contributed by atoms with Crippen molar-refractivity contribution in [3.8, 4) is 0 Å². The summed E-state index contributed by atoms with van der Waals surface area (Å²) in [5.41, 5.74) is 2.88. The molecule has 7 heteroatoms. The van der Waals surface area contributed by atoms with Gasteiger partial charge >= 0.3 is 10.7 Å². The van der Waals surface area contributed by atoms with Crippen molar-refractivity contribution in [2.24, 2.45) is 7.05 Å². The summed E-state index contributed by atoms with van der Waals surface area (Å²) < 4.78 is 1.56. The number of anilines is 1. The van der Waals surface area contributed by atoms with Crippen molar-refractivity contribution in [1.82, 2.24) is 4.57 Å². The molecule has 2 N–H and O–H groups in total. The summed E-state index contributed by atoms with van der Waals surface area (Å²) in [6, 6.07) is 7.81. The minimum atomic E-state index is -0.0919. The number of hydrogen-bond donors (Lipinski definition) is 1. The molecule has 3 aromatic rings. The number of aromatic amines is 1. The SMILES string of the molecule is Cc1cc2c(=O)n(C)c(SCC(=O)Nc3c(C)cccc3C)[nH+]c2s1. The molecule has 0 fully saturated rings. The van der Waals surface area contributed by atoms with Crippen LogP contribution in [0.5, 0.6) is 0 Å². The number of aryl methyl sites for hydroxylation is 3. The largest absolute Gasteiger partial charge is 0.346 e. The molecule has 0 unspecified atom stereocenters. The zero-order valence-corrected chi connectivity index (χ0v) is 16.2. The van der Waals surface area contributed by atoms with Crippen molar-refractivity contribution in [2.45, 2.75) is 25.9 Å². The lowest BCUT2D eigenvalue weighted by Gasteiger charge is -2.10. The van der Waals surface area contributed by atoms with Crippen LogP contribution in [-0.4, -0.2) is 16.2 Å². The van der Waals surface area contributed by atoms with Gasteiger partial charge in [-0.2, -0.15) is 4.57 Å². The van der Waals surface area contributed by atoms with E-state index in [1.165, 1.54) is 11.8 Å². The lowest BCUT2D eigenvalue weighted by Crippen LogP contribution is -2.27. The number of aromatic nitrogens is 2. The van der Waals surface area contributed by atoms with Crippen LogP contribution in [0, 0.1) is 20.8 Å². The molecule has 1 amide bonds. The quantitative estimate of drug-likeness (QED) is 0.564. The van der Waals surface area contributed by atoms with Crippen LogP contribution in [0.1, 0.15) is 16.0 Å². The Balaban J connectivity index is 1.77. The van der Waals surface area contributed by atoms with E-state index in [1.54, 1.807) is 23.0 Å². The molecule has 0 atom stereocenters. The van der Waals surface area contributed by atoms with E-state index in [2.05, 4.69) is 10.3 Å². The Morgan fingerprint density at radius 1 is 1.28 bits per heavy atom. The highest BCUT2D eigenvalue weighted by molar-refractivity contribution is 7.99. The minimum Gasteiger partial charge on any atom is -0.325 e. The standard InChI is InChI=1S/C18H19N3O2S2/c1-10-6-5-7-11(2)15(10)19-14(22)9-24-18-20-16-13(8-12(3)25-16)17(23)21(18)4/h5-8H,9H2,1-4H3,(H,19,22)/p+1. The summed E-state index contributed by atoms with van der Waals surface area (Å²) in [5.74, 6) is 0.138. The number of thiophene rings is 1. The van der Waals surface area contributed by atoms with E-state index in [1.807, 2.05) is 45.0 Å². The summed E-state index contributed by atoms with van der Waals surface area (Å²) in [6.07, 6.45) is 0. The normalized spacial score (nSPS) is 11.0. The van der Waals surface area contributed by atoms with Crippen LogP contribution in [0.2, 0.25) is 0 Å². The molecule has 0 saturated carbocycles. The monoisotopic (exact) mass is 374 g/mol. The smallest absolute Gasteiger partial charge is 0.325 e. The highest BCUT2D eigenvalue weighted by atomic mass is 32.2. The molecule has 0 radical (unpaired) electrons. The number of benzene rings is 1. The second-order valence-electron chi connectivity index (χ2n) is 6.00. The summed E-state index contributed by atoms with van der Waals surface area (Å²) in [4.78, 5) is 29.9. The van der Waals surface area contributed by atoms with Gasteiger partial charge in [0.15, 0.2) is 4.83 Å². The van der Waals surface area contributed by atoms with Crippen molar-refractivity contribution < 1.29 is 9.78 Å². The van der Waals surface area contributed by atoms with E-state index in [0.29, 0.717) is 10.5 Å². The summed E-state index contributed by atoms with van der Waals surface area (Å²) in [5, 5.41) is 4.33. The number of hydrogen-bond acceptors (Lipinski definition) is 4. The number of nitrogens with one attached hydrogen (secondary N) is 2. The van der Waals surface area contributed by atoms with Crippen molar-refractivity contribution >= 4 is 44.9 Å². The number of carbonyl (C=O) groups excluding carboxylic acids is 1. The van der Waals surface area contributed by atoms with Gasteiger partial charge in [0.25, 0.3) is 0 Å². The van der Waals surface area contributed by atoms with Crippen molar-refractivity contribution in [3.05, 3.63) is 50.6 Å². The molecule has 2 aromatic heterocycles.